The zero-order valence-corrected chi connectivity index (χ0v) is 16.9. The molecule has 6 heteroatoms. The number of amides is 1. The van der Waals surface area contributed by atoms with Crippen molar-refractivity contribution in [3.63, 3.8) is 0 Å². The van der Waals surface area contributed by atoms with Crippen molar-refractivity contribution in [2.75, 3.05) is 32.8 Å². The van der Waals surface area contributed by atoms with Crippen LogP contribution < -0.4 is 10.2 Å². The van der Waals surface area contributed by atoms with Gasteiger partial charge in [0, 0.05) is 10.0 Å². The number of ether oxygens (including phenoxy) is 1. The van der Waals surface area contributed by atoms with Crippen molar-refractivity contribution in [2.24, 2.45) is 0 Å². The molecule has 0 unspecified atom stereocenters. The molecule has 2 N–H and O–H groups in total. The maximum atomic E-state index is 12.7. The van der Waals surface area contributed by atoms with E-state index in [1.54, 1.807) is 18.2 Å². The third kappa shape index (κ3) is 5.94. The molecular weight excluding hydrogens is 383 g/mol. The molecule has 27 heavy (non-hydrogen) atoms. The number of aryl methyl sites for hydroxylation is 1. The zero-order chi connectivity index (χ0) is 19.2. The Morgan fingerprint density at radius 2 is 1.85 bits per heavy atom. The Labute approximate surface area is 170 Å². The summed E-state index contributed by atoms with van der Waals surface area (Å²) in [7, 11) is 0. The molecule has 144 valence electrons. The van der Waals surface area contributed by atoms with Gasteiger partial charge in [0.25, 0.3) is 0 Å². The molecule has 0 aromatic heterocycles. The van der Waals surface area contributed by atoms with Crippen LogP contribution in [-0.2, 0) is 16.0 Å². The van der Waals surface area contributed by atoms with E-state index in [1.807, 2.05) is 0 Å². The molecule has 1 atom stereocenters. The standard InChI is InChI=1S/C21H24Cl2N2O2/c1-15-2-4-16(5-3-15)20(14-25-8-10-27-11-9-25)24-21(26)12-17-6-7-18(22)13-19(17)23/h2-7,13,20H,8-12,14H2,1H3,(H,24,26)/p+1/t20-/m0/s1. The molecule has 1 amide bonds. The van der Waals surface area contributed by atoms with Crippen molar-refractivity contribution in [1.82, 2.24) is 5.32 Å². The molecule has 0 saturated carbocycles. The van der Waals surface area contributed by atoms with Crippen LogP contribution in [0, 0.1) is 6.92 Å². The SMILES string of the molecule is Cc1ccc([C@H](C[NH+]2CCOCC2)NC(=O)Cc2ccc(Cl)cc2Cl)cc1. The van der Waals surface area contributed by atoms with Gasteiger partial charge in [0.1, 0.15) is 25.7 Å². The molecule has 0 spiro atoms. The number of rotatable bonds is 6. The monoisotopic (exact) mass is 407 g/mol. The largest absolute Gasteiger partial charge is 0.370 e. The van der Waals surface area contributed by atoms with Crippen molar-refractivity contribution in [3.8, 4) is 0 Å². The predicted octanol–water partition coefficient (Wildman–Crippen LogP) is 2.62. The van der Waals surface area contributed by atoms with E-state index < -0.39 is 0 Å². The number of halogens is 2. The number of morpholine rings is 1. The van der Waals surface area contributed by atoms with E-state index >= 15 is 0 Å². The lowest BCUT2D eigenvalue weighted by atomic mass is 10.0. The summed E-state index contributed by atoms with van der Waals surface area (Å²) < 4.78 is 5.45. The molecule has 1 heterocycles. The van der Waals surface area contributed by atoms with Crippen LogP contribution >= 0.6 is 23.2 Å². The number of hydrogen-bond acceptors (Lipinski definition) is 2. The topological polar surface area (TPSA) is 42.8 Å². The number of nitrogens with one attached hydrogen (secondary N) is 2. The first-order valence-electron chi connectivity index (χ1n) is 9.22. The second-order valence-corrected chi connectivity index (χ2v) is 7.85. The molecule has 1 aliphatic rings. The van der Waals surface area contributed by atoms with Gasteiger partial charge < -0.3 is 15.0 Å². The molecule has 1 saturated heterocycles. The smallest absolute Gasteiger partial charge is 0.225 e. The van der Waals surface area contributed by atoms with Gasteiger partial charge in [-0.2, -0.15) is 0 Å². The molecular formula is C21H25Cl2N2O2+. The lowest BCUT2D eigenvalue weighted by Gasteiger charge is -2.28. The van der Waals surface area contributed by atoms with Gasteiger partial charge in [-0.15, -0.1) is 0 Å². The van der Waals surface area contributed by atoms with Gasteiger partial charge in [-0.1, -0.05) is 59.1 Å². The number of benzene rings is 2. The van der Waals surface area contributed by atoms with Gasteiger partial charge >= 0.3 is 0 Å². The summed E-state index contributed by atoms with van der Waals surface area (Å²) in [4.78, 5) is 14.1. The zero-order valence-electron chi connectivity index (χ0n) is 15.4. The van der Waals surface area contributed by atoms with Crippen LogP contribution in [0.4, 0.5) is 0 Å². The minimum atomic E-state index is -0.0442. The summed E-state index contributed by atoms with van der Waals surface area (Å²) in [5, 5.41) is 4.28. The molecule has 1 fully saturated rings. The molecule has 3 rings (SSSR count). The van der Waals surface area contributed by atoms with Gasteiger partial charge in [-0.25, -0.2) is 0 Å². The minimum Gasteiger partial charge on any atom is -0.370 e. The van der Waals surface area contributed by atoms with Gasteiger partial charge in [0.15, 0.2) is 0 Å². The summed E-state index contributed by atoms with van der Waals surface area (Å²) in [5.41, 5.74) is 3.10. The van der Waals surface area contributed by atoms with Gasteiger partial charge in [0.05, 0.1) is 19.6 Å². The van der Waals surface area contributed by atoms with Gasteiger partial charge in [-0.3, -0.25) is 4.79 Å². The number of quaternary nitrogens is 1. The van der Waals surface area contributed by atoms with Gasteiger partial charge in [-0.05, 0) is 30.2 Å². The van der Waals surface area contributed by atoms with Crippen molar-refractivity contribution < 1.29 is 14.4 Å². The highest BCUT2D eigenvalue weighted by Crippen LogP contribution is 2.22. The van der Waals surface area contributed by atoms with E-state index in [0.29, 0.717) is 10.0 Å². The third-order valence-electron chi connectivity index (χ3n) is 4.87. The highest BCUT2D eigenvalue weighted by atomic mass is 35.5. The Bertz CT molecular complexity index is 774. The normalized spacial score (nSPS) is 16.1. The van der Waals surface area contributed by atoms with E-state index in [4.69, 9.17) is 27.9 Å². The molecule has 0 bridgehead atoms. The Kier molecular flexibility index (Phi) is 7.13. The van der Waals surface area contributed by atoms with E-state index in [0.717, 1.165) is 44.0 Å². The molecule has 2 aromatic carbocycles. The lowest BCUT2D eigenvalue weighted by Crippen LogP contribution is -3.14. The first-order chi connectivity index (χ1) is 13.0. The predicted molar refractivity (Wildman–Crippen MR) is 109 cm³/mol. The van der Waals surface area contributed by atoms with Crippen LogP contribution in [0.5, 0.6) is 0 Å². The molecule has 0 aliphatic carbocycles. The van der Waals surface area contributed by atoms with Crippen molar-refractivity contribution >= 4 is 29.1 Å². The second kappa shape index (κ2) is 9.56. The summed E-state index contributed by atoms with van der Waals surface area (Å²) >= 11 is 12.2. The van der Waals surface area contributed by atoms with E-state index in [2.05, 4.69) is 36.5 Å². The average molecular weight is 408 g/mol. The maximum absolute atomic E-state index is 12.7. The number of carbonyl (C=O) groups excluding carboxylic acids is 1. The minimum absolute atomic E-state index is 0.0440. The molecule has 0 radical (unpaired) electrons. The fourth-order valence-corrected chi connectivity index (χ4v) is 3.76. The van der Waals surface area contributed by atoms with Crippen LogP contribution in [0.1, 0.15) is 22.7 Å². The Morgan fingerprint density at radius 1 is 1.15 bits per heavy atom. The summed E-state index contributed by atoms with van der Waals surface area (Å²) in [5.74, 6) is -0.0440. The van der Waals surface area contributed by atoms with Gasteiger partial charge in [0.2, 0.25) is 5.91 Å². The highest BCUT2D eigenvalue weighted by molar-refractivity contribution is 6.35. The fourth-order valence-electron chi connectivity index (χ4n) is 3.29. The van der Waals surface area contributed by atoms with Crippen LogP contribution in [0.15, 0.2) is 42.5 Å². The summed E-state index contributed by atoms with van der Waals surface area (Å²) in [6.07, 6.45) is 0.233. The number of hydrogen-bond donors (Lipinski definition) is 2. The van der Waals surface area contributed by atoms with Crippen LogP contribution in [0.2, 0.25) is 10.0 Å². The lowest BCUT2D eigenvalue weighted by molar-refractivity contribution is -0.909. The third-order valence-corrected chi connectivity index (χ3v) is 5.46. The Morgan fingerprint density at radius 3 is 2.52 bits per heavy atom. The van der Waals surface area contributed by atoms with Crippen LogP contribution in [-0.4, -0.2) is 38.8 Å². The summed E-state index contributed by atoms with van der Waals surface area (Å²) in [6.45, 7) is 6.36. The van der Waals surface area contributed by atoms with Crippen LogP contribution in [0.3, 0.4) is 0 Å². The quantitative estimate of drug-likeness (QED) is 0.772. The van der Waals surface area contributed by atoms with E-state index in [9.17, 15) is 4.79 Å². The second-order valence-electron chi connectivity index (χ2n) is 7.01. The molecule has 2 aromatic rings. The first-order valence-corrected chi connectivity index (χ1v) is 9.98. The highest BCUT2D eigenvalue weighted by Gasteiger charge is 2.23. The maximum Gasteiger partial charge on any atom is 0.225 e. The fraction of sp³-hybridized carbons (Fsp3) is 0.381. The summed E-state index contributed by atoms with van der Waals surface area (Å²) in [6, 6.07) is 13.5. The van der Waals surface area contributed by atoms with E-state index in [1.165, 1.54) is 10.5 Å². The Balaban J connectivity index is 1.71. The number of carbonyl (C=O) groups is 1. The van der Waals surface area contributed by atoms with E-state index in [-0.39, 0.29) is 18.4 Å². The molecule has 1 aliphatic heterocycles. The van der Waals surface area contributed by atoms with Crippen molar-refractivity contribution in [1.29, 1.82) is 0 Å². The van der Waals surface area contributed by atoms with Crippen molar-refractivity contribution in [2.45, 2.75) is 19.4 Å². The molecule has 4 nitrogen and oxygen atoms in total. The Hall–Kier alpha value is -1.59. The van der Waals surface area contributed by atoms with Crippen molar-refractivity contribution in [3.05, 3.63) is 69.2 Å². The first kappa shape index (κ1) is 20.2. The average Bonchev–Trinajstić information content (AvgIpc) is 2.65. The van der Waals surface area contributed by atoms with Crippen LogP contribution in [0.25, 0.3) is 0 Å².